The van der Waals surface area contributed by atoms with Gasteiger partial charge in [0.05, 0.1) is 11.4 Å². The van der Waals surface area contributed by atoms with Crippen molar-refractivity contribution in [1.29, 1.82) is 0 Å². The van der Waals surface area contributed by atoms with Gasteiger partial charge in [-0.3, -0.25) is 9.69 Å². The van der Waals surface area contributed by atoms with Crippen LogP contribution in [0.5, 0.6) is 0 Å². The van der Waals surface area contributed by atoms with E-state index >= 15 is 0 Å². The minimum absolute atomic E-state index is 0.00824. The zero-order valence-electron chi connectivity index (χ0n) is 8.58. The summed E-state index contributed by atoms with van der Waals surface area (Å²) in [4.78, 5) is 24.3. The molecule has 0 aliphatic carbocycles. The number of hydrogen-bond acceptors (Lipinski definition) is 2. The number of anilines is 2. The van der Waals surface area contributed by atoms with Crippen LogP contribution in [-0.4, -0.2) is 25.5 Å². The van der Waals surface area contributed by atoms with Gasteiger partial charge in [-0.05, 0) is 18.2 Å². The van der Waals surface area contributed by atoms with Crippen LogP contribution >= 0.6 is 11.6 Å². The van der Waals surface area contributed by atoms with Crippen LogP contribution in [0.15, 0.2) is 18.2 Å². The second-order valence-corrected chi connectivity index (χ2v) is 3.79. The van der Waals surface area contributed by atoms with Gasteiger partial charge in [0.2, 0.25) is 5.91 Å². The normalized spacial score (nSPS) is 14.1. The van der Waals surface area contributed by atoms with E-state index in [1.54, 1.807) is 18.2 Å². The summed E-state index contributed by atoms with van der Waals surface area (Å²) in [5.41, 5.74) is 1.19. The number of halogens is 1. The third kappa shape index (κ3) is 1.81. The number of rotatable bonds is 0. The van der Waals surface area contributed by atoms with Gasteiger partial charge < -0.3 is 10.6 Å². The minimum atomic E-state index is -0.321. The number of hydrogen-bond donors (Lipinski definition) is 2. The number of benzene rings is 1. The lowest BCUT2D eigenvalue weighted by Crippen LogP contribution is -2.46. The third-order valence-corrected chi connectivity index (χ3v) is 2.52. The van der Waals surface area contributed by atoms with Crippen molar-refractivity contribution in [2.75, 3.05) is 23.8 Å². The van der Waals surface area contributed by atoms with Crippen LogP contribution in [0.3, 0.4) is 0 Å². The Morgan fingerprint density at radius 1 is 1.56 bits per heavy atom. The van der Waals surface area contributed by atoms with Crippen molar-refractivity contribution in [3.63, 3.8) is 0 Å². The van der Waals surface area contributed by atoms with E-state index in [2.05, 4.69) is 10.6 Å². The van der Waals surface area contributed by atoms with Gasteiger partial charge in [-0.25, -0.2) is 4.79 Å². The molecule has 6 heteroatoms. The highest BCUT2D eigenvalue weighted by molar-refractivity contribution is 6.31. The van der Waals surface area contributed by atoms with E-state index in [4.69, 9.17) is 11.6 Å². The van der Waals surface area contributed by atoms with Crippen LogP contribution in [0.25, 0.3) is 0 Å². The number of amides is 3. The van der Waals surface area contributed by atoms with Crippen molar-refractivity contribution < 1.29 is 9.59 Å². The van der Waals surface area contributed by atoms with E-state index in [0.29, 0.717) is 16.4 Å². The molecule has 16 heavy (non-hydrogen) atoms. The first-order chi connectivity index (χ1) is 7.61. The lowest BCUT2D eigenvalue weighted by atomic mass is 10.2. The average molecular weight is 240 g/mol. The van der Waals surface area contributed by atoms with Gasteiger partial charge in [-0.1, -0.05) is 11.6 Å². The van der Waals surface area contributed by atoms with Crippen molar-refractivity contribution in [2.45, 2.75) is 0 Å². The topological polar surface area (TPSA) is 61.4 Å². The molecule has 1 aromatic carbocycles. The average Bonchev–Trinajstić information content (AvgIpc) is 2.26. The summed E-state index contributed by atoms with van der Waals surface area (Å²) in [5, 5.41) is 5.66. The maximum atomic E-state index is 11.6. The molecule has 0 bridgehead atoms. The van der Waals surface area contributed by atoms with E-state index < -0.39 is 0 Å². The zero-order chi connectivity index (χ0) is 11.7. The molecule has 0 unspecified atom stereocenters. The molecule has 0 aromatic heterocycles. The predicted molar refractivity (Wildman–Crippen MR) is 61.9 cm³/mol. The molecule has 5 nitrogen and oxygen atoms in total. The molecule has 0 spiro atoms. The number of fused-ring (bicyclic) bond motifs is 1. The highest BCUT2D eigenvalue weighted by Gasteiger charge is 2.26. The van der Waals surface area contributed by atoms with Crippen LogP contribution in [0.1, 0.15) is 0 Å². The van der Waals surface area contributed by atoms with E-state index in [1.165, 1.54) is 11.9 Å². The Labute approximate surface area is 97.4 Å². The Bertz CT molecular complexity index is 461. The Morgan fingerprint density at radius 3 is 3.00 bits per heavy atom. The Kier molecular flexibility index (Phi) is 2.70. The monoisotopic (exact) mass is 239 g/mol. The maximum absolute atomic E-state index is 11.6. The molecule has 0 atom stereocenters. The largest absolute Gasteiger partial charge is 0.341 e. The van der Waals surface area contributed by atoms with Crippen LogP contribution in [0.2, 0.25) is 5.02 Å². The van der Waals surface area contributed by atoms with Crippen molar-refractivity contribution in [1.82, 2.24) is 5.32 Å². The summed E-state index contributed by atoms with van der Waals surface area (Å²) in [5.74, 6) is -0.238. The molecule has 0 radical (unpaired) electrons. The molecule has 1 heterocycles. The smallest absolute Gasteiger partial charge is 0.322 e. The van der Waals surface area contributed by atoms with Crippen molar-refractivity contribution in [2.24, 2.45) is 0 Å². The van der Waals surface area contributed by atoms with Crippen LogP contribution in [-0.2, 0) is 4.79 Å². The van der Waals surface area contributed by atoms with Gasteiger partial charge in [0, 0.05) is 12.1 Å². The first-order valence-corrected chi connectivity index (χ1v) is 5.08. The summed E-state index contributed by atoms with van der Waals surface area (Å²) < 4.78 is 0. The molecule has 2 rings (SSSR count). The minimum Gasteiger partial charge on any atom is -0.341 e. The van der Waals surface area contributed by atoms with Crippen molar-refractivity contribution in [3.05, 3.63) is 23.2 Å². The van der Waals surface area contributed by atoms with E-state index in [1.807, 2.05) is 0 Å². The fourth-order valence-electron chi connectivity index (χ4n) is 1.58. The van der Waals surface area contributed by atoms with E-state index in [0.717, 1.165) is 0 Å². The summed E-state index contributed by atoms with van der Waals surface area (Å²) in [7, 11) is 1.52. The number of carbonyl (C=O) groups excluding carboxylic acids is 2. The molecular weight excluding hydrogens is 230 g/mol. The molecule has 1 aromatic rings. The molecule has 84 valence electrons. The number of urea groups is 1. The fraction of sp³-hybridized carbons (Fsp3) is 0.200. The Hall–Kier alpha value is -1.75. The SMILES string of the molecule is CNC(=O)N1CC(=O)Nc2cc(Cl)ccc21. The lowest BCUT2D eigenvalue weighted by molar-refractivity contribution is -0.115. The van der Waals surface area contributed by atoms with Gasteiger partial charge >= 0.3 is 6.03 Å². The Morgan fingerprint density at radius 2 is 2.31 bits per heavy atom. The summed E-state index contributed by atoms with van der Waals surface area (Å²) in [6, 6.07) is 4.67. The number of carbonyl (C=O) groups is 2. The van der Waals surface area contributed by atoms with Crippen LogP contribution < -0.4 is 15.5 Å². The summed E-state index contributed by atoms with van der Waals surface area (Å²) in [6.45, 7) is 0.00824. The molecular formula is C10H10ClN3O2. The van der Waals surface area contributed by atoms with Gasteiger partial charge in [-0.15, -0.1) is 0 Å². The fourth-order valence-corrected chi connectivity index (χ4v) is 1.75. The summed E-state index contributed by atoms with van der Waals surface area (Å²) in [6.07, 6.45) is 0. The van der Waals surface area contributed by atoms with E-state index in [9.17, 15) is 9.59 Å². The molecule has 0 saturated carbocycles. The van der Waals surface area contributed by atoms with Crippen molar-refractivity contribution >= 4 is 34.9 Å². The number of nitrogens with one attached hydrogen (secondary N) is 2. The second kappa shape index (κ2) is 4.02. The van der Waals surface area contributed by atoms with E-state index in [-0.39, 0.29) is 18.5 Å². The van der Waals surface area contributed by atoms with Gasteiger partial charge in [0.15, 0.2) is 0 Å². The highest BCUT2D eigenvalue weighted by atomic mass is 35.5. The van der Waals surface area contributed by atoms with Crippen molar-refractivity contribution in [3.8, 4) is 0 Å². The van der Waals surface area contributed by atoms with Gasteiger partial charge in [0.25, 0.3) is 0 Å². The molecule has 0 saturated heterocycles. The zero-order valence-corrected chi connectivity index (χ0v) is 9.34. The first-order valence-electron chi connectivity index (χ1n) is 4.70. The quantitative estimate of drug-likeness (QED) is 0.720. The lowest BCUT2D eigenvalue weighted by Gasteiger charge is -2.28. The molecule has 0 fully saturated rings. The maximum Gasteiger partial charge on any atom is 0.322 e. The second-order valence-electron chi connectivity index (χ2n) is 3.35. The third-order valence-electron chi connectivity index (χ3n) is 2.28. The standard InChI is InChI=1S/C10H10ClN3O2/c1-12-10(16)14-5-9(15)13-7-4-6(11)2-3-8(7)14/h2-4H,5H2,1H3,(H,12,16)(H,13,15). The van der Waals surface area contributed by atoms with Gasteiger partial charge in [0.1, 0.15) is 6.54 Å². The van der Waals surface area contributed by atoms with Crippen LogP contribution in [0, 0.1) is 0 Å². The molecule has 1 aliphatic rings. The Balaban J connectivity index is 2.45. The molecule has 3 amide bonds. The van der Waals surface area contributed by atoms with Gasteiger partial charge in [-0.2, -0.15) is 0 Å². The summed E-state index contributed by atoms with van der Waals surface area (Å²) >= 11 is 5.82. The molecule has 1 aliphatic heterocycles. The van der Waals surface area contributed by atoms with Crippen LogP contribution in [0.4, 0.5) is 16.2 Å². The highest BCUT2D eigenvalue weighted by Crippen LogP contribution is 2.31. The molecule has 2 N–H and O–H groups in total. The predicted octanol–water partition coefficient (Wildman–Crippen LogP) is 1.44. The first kappa shape index (κ1) is 10.8. The number of nitrogens with zero attached hydrogens (tertiary/aromatic N) is 1.